The number of nitrogens with zero attached hydrogens (tertiary/aromatic N) is 2. The molecule has 0 aliphatic carbocycles. The lowest BCUT2D eigenvalue weighted by atomic mass is 9.87. The van der Waals surface area contributed by atoms with Gasteiger partial charge in [-0.1, -0.05) is 176 Å². The van der Waals surface area contributed by atoms with Gasteiger partial charge < -0.3 is 13.9 Å². The van der Waals surface area contributed by atoms with E-state index in [1.165, 1.54) is 38.5 Å². The van der Waals surface area contributed by atoms with Crippen LogP contribution in [-0.4, -0.2) is 4.57 Å². The van der Waals surface area contributed by atoms with Gasteiger partial charge in [-0.3, -0.25) is 0 Å². The van der Waals surface area contributed by atoms with Gasteiger partial charge in [0.05, 0.1) is 27.8 Å². The molecule has 0 aliphatic rings. The van der Waals surface area contributed by atoms with Crippen molar-refractivity contribution in [3.8, 4) is 50.2 Å². The average Bonchev–Trinajstić information content (AvgIpc) is 3.91. The summed E-state index contributed by atoms with van der Waals surface area (Å²) < 4.78 is 8.91. The summed E-state index contributed by atoms with van der Waals surface area (Å²) >= 11 is 0. The van der Waals surface area contributed by atoms with Gasteiger partial charge >= 0.3 is 0 Å². The summed E-state index contributed by atoms with van der Waals surface area (Å²) in [7, 11) is 0. The van der Waals surface area contributed by atoms with Crippen molar-refractivity contribution in [3.63, 3.8) is 0 Å². The summed E-state index contributed by atoms with van der Waals surface area (Å²) in [5.74, 6) is 0. The number of hydrogen-bond donors (Lipinski definition) is 0. The van der Waals surface area contributed by atoms with E-state index in [1.807, 2.05) is 6.07 Å². The highest BCUT2D eigenvalue weighted by molar-refractivity contribution is 6.15. The first-order chi connectivity index (χ1) is 31.3. The van der Waals surface area contributed by atoms with E-state index in [-0.39, 0.29) is 0 Å². The maximum atomic E-state index is 6.54. The Kier molecular flexibility index (Phi) is 8.83. The van der Waals surface area contributed by atoms with E-state index in [2.05, 4.69) is 246 Å². The largest absolute Gasteiger partial charge is 0.456 e. The predicted octanol–water partition coefficient (Wildman–Crippen LogP) is 16.8. The molecule has 0 N–H and O–H groups in total. The molecule has 0 fully saturated rings. The topological polar surface area (TPSA) is 21.3 Å². The summed E-state index contributed by atoms with van der Waals surface area (Å²) in [6, 6.07) is 87.1. The number of rotatable bonds is 8. The first-order valence-corrected chi connectivity index (χ1v) is 21.5. The Morgan fingerprint density at radius 1 is 0.333 bits per heavy atom. The number of aromatic nitrogens is 1. The normalized spacial score (nSPS) is 11.5. The molecule has 0 bridgehead atoms. The summed E-state index contributed by atoms with van der Waals surface area (Å²) in [4.78, 5) is 2.44. The number of fused-ring (bicyclic) bond motifs is 6. The van der Waals surface area contributed by atoms with Crippen LogP contribution >= 0.6 is 0 Å². The van der Waals surface area contributed by atoms with Crippen LogP contribution in [-0.2, 0) is 0 Å². The number of benzene rings is 10. The lowest BCUT2D eigenvalue weighted by molar-refractivity contribution is 0.669. The molecule has 0 atom stereocenters. The molecule has 0 amide bonds. The van der Waals surface area contributed by atoms with Gasteiger partial charge in [-0.05, 0) is 106 Å². The standard InChI is InChI=1S/C60H40N2O/c1-4-18-42(19-5-1)47-24-10-11-26-50(47)59-48(43-20-6-2-7-21-43)28-16-30-55(59)62(56-31-17-33-58-60(56)51-27-13-15-32-57(51)63-58)46-37-34-41(35-38-46)44-36-39-54-52(40-44)49-25-12-14-29-53(49)61(54)45-22-8-3-9-23-45/h1-40H. The number of furan rings is 1. The highest BCUT2D eigenvalue weighted by Gasteiger charge is 2.25. The van der Waals surface area contributed by atoms with Gasteiger partial charge in [-0.15, -0.1) is 0 Å². The maximum absolute atomic E-state index is 6.54. The highest BCUT2D eigenvalue weighted by Crippen LogP contribution is 2.50. The van der Waals surface area contributed by atoms with Crippen molar-refractivity contribution in [3.05, 3.63) is 243 Å². The molecule has 0 unspecified atom stereocenters. The minimum absolute atomic E-state index is 0.851. The molecule has 12 aromatic rings. The van der Waals surface area contributed by atoms with Gasteiger partial charge in [-0.25, -0.2) is 0 Å². The summed E-state index contributed by atoms with van der Waals surface area (Å²) in [6.45, 7) is 0. The molecule has 63 heavy (non-hydrogen) atoms. The number of hydrogen-bond acceptors (Lipinski definition) is 2. The maximum Gasteiger partial charge on any atom is 0.137 e. The zero-order valence-electron chi connectivity index (χ0n) is 34.4. The van der Waals surface area contributed by atoms with E-state index in [0.717, 1.165) is 72.5 Å². The minimum atomic E-state index is 0.851. The Labute approximate surface area is 366 Å². The van der Waals surface area contributed by atoms with Crippen LogP contribution in [0.5, 0.6) is 0 Å². The fourth-order valence-electron chi connectivity index (χ4n) is 9.60. The van der Waals surface area contributed by atoms with Crippen molar-refractivity contribution in [2.75, 3.05) is 4.90 Å². The first-order valence-electron chi connectivity index (χ1n) is 21.5. The Balaban J connectivity index is 1.09. The Bertz CT molecular complexity index is 3600. The quantitative estimate of drug-likeness (QED) is 0.153. The molecule has 0 saturated carbocycles. The van der Waals surface area contributed by atoms with Crippen molar-refractivity contribution >= 4 is 60.8 Å². The highest BCUT2D eigenvalue weighted by atomic mass is 16.3. The van der Waals surface area contributed by atoms with Crippen molar-refractivity contribution in [1.82, 2.24) is 4.57 Å². The molecule has 2 heterocycles. The number of anilines is 3. The third kappa shape index (κ3) is 6.21. The molecule has 0 saturated heterocycles. The fourth-order valence-corrected chi connectivity index (χ4v) is 9.60. The summed E-state index contributed by atoms with van der Waals surface area (Å²) in [5.41, 5.74) is 17.7. The van der Waals surface area contributed by atoms with Crippen molar-refractivity contribution < 1.29 is 4.42 Å². The third-order valence-electron chi connectivity index (χ3n) is 12.4. The van der Waals surface area contributed by atoms with Crippen LogP contribution < -0.4 is 4.90 Å². The van der Waals surface area contributed by atoms with E-state index >= 15 is 0 Å². The molecule has 3 nitrogen and oxygen atoms in total. The molecular weight excluding hydrogens is 765 g/mol. The van der Waals surface area contributed by atoms with Gasteiger partial charge in [0.2, 0.25) is 0 Å². The van der Waals surface area contributed by atoms with E-state index < -0.39 is 0 Å². The Morgan fingerprint density at radius 2 is 0.889 bits per heavy atom. The summed E-state index contributed by atoms with van der Waals surface area (Å²) in [6.07, 6.45) is 0. The van der Waals surface area contributed by atoms with Crippen molar-refractivity contribution in [2.24, 2.45) is 0 Å². The lowest BCUT2D eigenvalue weighted by Crippen LogP contribution is -2.12. The Morgan fingerprint density at radius 3 is 1.67 bits per heavy atom. The molecular formula is C60H40N2O. The second-order valence-electron chi connectivity index (χ2n) is 16.0. The average molecular weight is 805 g/mol. The van der Waals surface area contributed by atoms with Gasteiger partial charge in [-0.2, -0.15) is 0 Å². The molecule has 12 rings (SSSR count). The van der Waals surface area contributed by atoms with Crippen molar-refractivity contribution in [1.29, 1.82) is 0 Å². The molecule has 296 valence electrons. The van der Waals surface area contributed by atoms with Gasteiger partial charge in [0, 0.05) is 33.1 Å². The molecule has 10 aromatic carbocycles. The third-order valence-corrected chi connectivity index (χ3v) is 12.4. The van der Waals surface area contributed by atoms with Crippen LogP contribution in [0.2, 0.25) is 0 Å². The number of para-hydroxylation sites is 3. The summed E-state index contributed by atoms with van der Waals surface area (Å²) in [5, 5.41) is 4.63. The van der Waals surface area contributed by atoms with E-state index in [1.54, 1.807) is 0 Å². The lowest BCUT2D eigenvalue weighted by Gasteiger charge is -2.30. The van der Waals surface area contributed by atoms with Crippen LogP contribution in [0, 0.1) is 0 Å². The van der Waals surface area contributed by atoms with Crippen LogP contribution in [0.15, 0.2) is 247 Å². The zero-order chi connectivity index (χ0) is 41.7. The van der Waals surface area contributed by atoms with Crippen molar-refractivity contribution in [2.45, 2.75) is 0 Å². The molecule has 0 radical (unpaired) electrons. The van der Waals surface area contributed by atoms with E-state index in [4.69, 9.17) is 4.42 Å². The predicted molar refractivity (Wildman–Crippen MR) is 264 cm³/mol. The van der Waals surface area contributed by atoms with Gasteiger partial charge in [0.1, 0.15) is 11.2 Å². The first kappa shape index (κ1) is 36.5. The SMILES string of the molecule is c1ccc(-c2ccccc2-c2c(-c3ccccc3)cccc2N(c2ccc(-c3ccc4c(c3)c3ccccc3n4-c3ccccc3)cc2)c2cccc3oc4ccccc4c23)cc1. The fraction of sp³-hybridized carbons (Fsp3) is 0. The van der Waals surface area contributed by atoms with Crippen LogP contribution in [0.25, 0.3) is 93.9 Å². The van der Waals surface area contributed by atoms with Gasteiger partial charge in [0.15, 0.2) is 0 Å². The van der Waals surface area contributed by atoms with E-state index in [0.29, 0.717) is 0 Å². The minimum Gasteiger partial charge on any atom is -0.456 e. The monoisotopic (exact) mass is 804 g/mol. The van der Waals surface area contributed by atoms with Crippen LogP contribution in [0.3, 0.4) is 0 Å². The van der Waals surface area contributed by atoms with Gasteiger partial charge in [0.25, 0.3) is 0 Å². The molecule has 0 aliphatic heterocycles. The zero-order valence-corrected chi connectivity index (χ0v) is 34.4. The smallest absolute Gasteiger partial charge is 0.137 e. The van der Waals surface area contributed by atoms with Crippen LogP contribution in [0.1, 0.15) is 0 Å². The van der Waals surface area contributed by atoms with E-state index in [9.17, 15) is 0 Å². The second kappa shape index (κ2) is 15.3. The molecule has 0 spiro atoms. The van der Waals surface area contributed by atoms with Crippen LogP contribution in [0.4, 0.5) is 17.1 Å². The molecule has 3 heteroatoms. The Hall–Kier alpha value is -8.40. The molecule has 2 aromatic heterocycles. The second-order valence-corrected chi connectivity index (χ2v) is 16.0.